The lowest BCUT2D eigenvalue weighted by Gasteiger charge is -2.27. The molecule has 0 aliphatic carbocycles. The quantitative estimate of drug-likeness (QED) is 0.144. The molecule has 0 fully saturated rings. The fourth-order valence-electron chi connectivity index (χ4n) is 4.77. The smallest absolute Gasteiger partial charge is 0.342 e. The number of esters is 1. The van der Waals surface area contributed by atoms with Crippen LogP contribution in [0.3, 0.4) is 0 Å². The number of hydrogen-bond donors (Lipinski definition) is 0. The summed E-state index contributed by atoms with van der Waals surface area (Å²) < 4.78 is 12.8. The first-order valence-corrected chi connectivity index (χ1v) is 15.0. The molecule has 3 nitrogen and oxygen atoms in total. The minimum atomic E-state index is -2.26. The van der Waals surface area contributed by atoms with Gasteiger partial charge < -0.3 is 9.15 Å². The molecule has 0 spiro atoms. The summed E-state index contributed by atoms with van der Waals surface area (Å²) in [6.45, 7) is 2.12. The SMILES string of the molecule is CCOC(=O)c1c(-c2ccc(Br)cc2)coc1C[P+](c1ccccc1)(c1ccccc1)c1ccccc1. The van der Waals surface area contributed by atoms with Crippen LogP contribution < -0.4 is 15.9 Å². The highest BCUT2D eigenvalue weighted by Crippen LogP contribution is 2.59. The summed E-state index contributed by atoms with van der Waals surface area (Å²) in [4.78, 5) is 13.4. The highest BCUT2D eigenvalue weighted by atomic mass is 79.9. The maximum absolute atomic E-state index is 13.4. The molecule has 1 heterocycles. The fourth-order valence-corrected chi connectivity index (χ4v) is 9.18. The van der Waals surface area contributed by atoms with E-state index in [-0.39, 0.29) is 5.97 Å². The lowest BCUT2D eigenvalue weighted by molar-refractivity contribution is 0.0525. The van der Waals surface area contributed by atoms with Gasteiger partial charge in [-0.05, 0) is 61.0 Å². The highest BCUT2D eigenvalue weighted by molar-refractivity contribution is 9.10. The normalized spacial score (nSPS) is 11.3. The Morgan fingerprint density at radius 3 is 1.70 bits per heavy atom. The fraction of sp³-hybridized carbons (Fsp3) is 0.0938. The number of rotatable bonds is 8. The van der Waals surface area contributed by atoms with Crippen LogP contribution in [0, 0.1) is 0 Å². The van der Waals surface area contributed by atoms with E-state index in [1.807, 2.05) is 49.4 Å². The van der Waals surface area contributed by atoms with Gasteiger partial charge in [0.25, 0.3) is 0 Å². The molecule has 184 valence electrons. The highest BCUT2D eigenvalue weighted by Gasteiger charge is 2.47. The molecular formula is C32H27BrO3P+. The van der Waals surface area contributed by atoms with Crippen LogP contribution >= 0.6 is 23.2 Å². The summed E-state index contributed by atoms with van der Waals surface area (Å²) in [5.74, 6) is 0.276. The molecule has 0 aliphatic heterocycles. The van der Waals surface area contributed by atoms with Crippen molar-refractivity contribution in [2.45, 2.75) is 13.1 Å². The Labute approximate surface area is 226 Å². The maximum Gasteiger partial charge on any atom is 0.342 e. The van der Waals surface area contributed by atoms with Crippen molar-refractivity contribution in [3.05, 3.63) is 137 Å². The topological polar surface area (TPSA) is 39.4 Å². The molecule has 4 aromatic carbocycles. The van der Waals surface area contributed by atoms with E-state index < -0.39 is 7.26 Å². The molecule has 5 heteroatoms. The number of ether oxygens (including phenoxy) is 1. The van der Waals surface area contributed by atoms with E-state index in [2.05, 4.69) is 88.7 Å². The van der Waals surface area contributed by atoms with Crippen LogP contribution in [0.15, 0.2) is 130 Å². The van der Waals surface area contributed by atoms with E-state index >= 15 is 0 Å². The van der Waals surface area contributed by atoms with Gasteiger partial charge in [-0.1, -0.05) is 82.7 Å². The van der Waals surface area contributed by atoms with Gasteiger partial charge >= 0.3 is 5.97 Å². The van der Waals surface area contributed by atoms with E-state index in [1.54, 1.807) is 6.26 Å². The standard InChI is InChI=1S/C32H27BrO3P/c1-2-35-32(34)31-29(24-18-20-25(33)21-19-24)22-36-30(31)23-37(26-12-6-3-7-13-26,27-14-8-4-9-15-27)28-16-10-5-11-17-28/h3-22H,2,23H2,1H3/q+1. The summed E-state index contributed by atoms with van der Waals surface area (Å²) in [5, 5.41) is 3.68. The monoisotopic (exact) mass is 569 g/mol. The van der Waals surface area contributed by atoms with Crippen molar-refractivity contribution in [3.8, 4) is 11.1 Å². The van der Waals surface area contributed by atoms with Crippen molar-refractivity contribution in [1.29, 1.82) is 0 Å². The molecule has 0 bridgehead atoms. The first-order valence-electron chi connectivity index (χ1n) is 12.2. The number of carbonyl (C=O) groups is 1. The van der Waals surface area contributed by atoms with Crippen LogP contribution in [0.25, 0.3) is 11.1 Å². The van der Waals surface area contributed by atoms with Crippen LogP contribution in [0.2, 0.25) is 0 Å². The van der Waals surface area contributed by atoms with Crippen LogP contribution in [0.1, 0.15) is 23.0 Å². The Morgan fingerprint density at radius 2 is 1.24 bits per heavy atom. The van der Waals surface area contributed by atoms with Crippen molar-refractivity contribution >= 4 is 45.1 Å². The zero-order valence-corrected chi connectivity index (χ0v) is 23.0. The molecular weight excluding hydrogens is 543 g/mol. The van der Waals surface area contributed by atoms with Crippen molar-refractivity contribution in [2.24, 2.45) is 0 Å². The molecule has 0 atom stereocenters. The van der Waals surface area contributed by atoms with E-state index in [0.717, 1.165) is 15.6 Å². The summed E-state index contributed by atoms with van der Waals surface area (Å²) in [5.41, 5.74) is 2.15. The number of hydrogen-bond acceptors (Lipinski definition) is 3. The molecule has 0 amide bonds. The second kappa shape index (κ2) is 11.3. The average Bonchev–Trinajstić information content (AvgIpc) is 3.37. The number of benzene rings is 4. The molecule has 0 aliphatic rings. The van der Waals surface area contributed by atoms with Crippen LogP contribution in [-0.2, 0) is 10.9 Å². The van der Waals surface area contributed by atoms with Gasteiger partial charge in [0, 0.05) is 10.0 Å². The average molecular weight is 570 g/mol. The summed E-state index contributed by atoms with van der Waals surface area (Å²) in [6.07, 6.45) is 2.25. The summed E-state index contributed by atoms with van der Waals surface area (Å²) >= 11 is 3.50. The molecule has 0 unspecified atom stereocenters. The van der Waals surface area contributed by atoms with Crippen molar-refractivity contribution in [3.63, 3.8) is 0 Å². The Morgan fingerprint density at radius 1 is 0.757 bits per heavy atom. The van der Waals surface area contributed by atoms with Crippen LogP contribution in [0.5, 0.6) is 0 Å². The first kappa shape index (κ1) is 25.2. The second-order valence-electron chi connectivity index (χ2n) is 8.65. The molecule has 0 radical (unpaired) electrons. The number of carbonyl (C=O) groups excluding carboxylic acids is 1. The van der Waals surface area contributed by atoms with E-state index in [9.17, 15) is 4.79 Å². The molecule has 5 rings (SSSR count). The Bertz CT molecular complexity index is 1370. The largest absolute Gasteiger partial charge is 0.464 e. The predicted octanol–water partition coefficient (Wildman–Crippen LogP) is 7.38. The van der Waals surface area contributed by atoms with Gasteiger partial charge in [-0.2, -0.15) is 0 Å². The molecule has 1 aromatic heterocycles. The third-order valence-corrected chi connectivity index (χ3v) is 11.3. The van der Waals surface area contributed by atoms with E-state index in [0.29, 0.717) is 24.1 Å². The molecule has 0 saturated heterocycles. The Hall–Kier alpha value is -3.46. The summed E-state index contributed by atoms with van der Waals surface area (Å²) in [7, 11) is -2.26. The minimum Gasteiger partial charge on any atom is -0.464 e. The van der Waals surface area contributed by atoms with Gasteiger partial charge in [-0.25, -0.2) is 4.79 Å². The third-order valence-electron chi connectivity index (χ3n) is 6.47. The van der Waals surface area contributed by atoms with Gasteiger partial charge in [0.05, 0.1) is 12.9 Å². The second-order valence-corrected chi connectivity index (χ2v) is 13.1. The van der Waals surface area contributed by atoms with Gasteiger partial charge in [0.15, 0.2) is 5.76 Å². The van der Waals surface area contributed by atoms with Crippen molar-refractivity contribution < 1.29 is 13.9 Å². The lowest BCUT2D eigenvalue weighted by Crippen LogP contribution is -2.32. The van der Waals surface area contributed by atoms with Gasteiger partial charge in [-0.15, -0.1) is 0 Å². The molecule has 0 saturated carbocycles. The van der Waals surface area contributed by atoms with Gasteiger partial charge in [0.1, 0.15) is 34.9 Å². The van der Waals surface area contributed by atoms with Crippen LogP contribution in [0.4, 0.5) is 0 Å². The minimum absolute atomic E-state index is 0.291. The third kappa shape index (κ3) is 5.05. The number of halogens is 1. The molecule has 37 heavy (non-hydrogen) atoms. The van der Waals surface area contributed by atoms with Crippen molar-refractivity contribution in [2.75, 3.05) is 6.61 Å². The van der Waals surface area contributed by atoms with Crippen molar-refractivity contribution in [1.82, 2.24) is 0 Å². The zero-order valence-electron chi connectivity index (χ0n) is 20.5. The van der Waals surface area contributed by atoms with E-state index in [4.69, 9.17) is 9.15 Å². The summed E-state index contributed by atoms with van der Waals surface area (Å²) in [6, 6.07) is 39.6. The zero-order chi connectivity index (χ0) is 25.7. The molecule has 5 aromatic rings. The maximum atomic E-state index is 13.4. The predicted molar refractivity (Wildman–Crippen MR) is 157 cm³/mol. The van der Waals surface area contributed by atoms with Gasteiger partial charge in [-0.3, -0.25) is 0 Å². The first-order chi connectivity index (χ1) is 18.1. The van der Waals surface area contributed by atoms with E-state index in [1.165, 1.54) is 15.9 Å². The lowest BCUT2D eigenvalue weighted by atomic mass is 10.0. The molecule has 0 N–H and O–H groups in total. The van der Waals surface area contributed by atoms with Gasteiger partial charge in [0.2, 0.25) is 0 Å². The Kier molecular flexibility index (Phi) is 7.69. The van der Waals surface area contributed by atoms with Crippen LogP contribution in [-0.4, -0.2) is 12.6 Å². The Balaban J connectivity index is 1.76. The number of furan rings is 1.